The molecule has 0 fully saturated rings. The van der Waals surface area contributed by atoms with Gasteiger partial charge in [-0.1, -0.05) is 17.7 Å². The maximum Gasteiger partial charge on any atom is 0.257 e. The van der Waals surface area contributed by atoms with Gasteiger partial charge >= 0.3 is 0 Å². The smallest absolute Gasteiger partial charge is 0.257 e. The van der Waals surface area contributed by atoms with Gasteiger partial charge in [-0.25, -0.2) is 0 Å². The third-order valence-corrected chi connectivity index (χ3v) is 4.29. The topological polar surface area (TPSA) is 63.2 Å². The number of aryl methyl sites for hydroxylation is 1. The summed E-state index contributed by atoms with van der Waals surface area (Å²) in [5, 5.41) is 6.74. The highest BCUT2D eigenvalue weighted by Gasteiger charge is 2.08. The van der Waals surface area contributed by atoms with E-state index < -0.39 is 0 Å². The SMILES string of the molecule is CCOc1ccc(NC(=O)c2cncc(Nc3ccc(C)c(Cl)c3)c2)cc1. The molecule has 6 heteroatoms. The summed E-state index contributed by atoms with van der Waals surface area (Å²) in [6.45, 7) is 4.47. The van der Waals surface area contributed by atoms with E-state index >= 15 is 0 Å². The van der Waals surface area contributed by atoms with Gasteiger partial charge < -0.3 is 15.4 Å². The Balaban J connectivity index is 1.70. The molecule has 2 N–H and O–H groups in total. The van der Waals surface area contributed by atoms with Crippen molar-refractivity contribution in [2.24, 2.45) is 0 Å². The van der Waals surface area contributed by atoms with Gasteiger partial charge in [0.05, 0.1) is 24.1 Å². The quantitative estimate of drug-likeness (QED) is 0.597. The lowest BCUT2D eigenvalue weighted by Crippen LogP contribution is -2.12. The minimum absolute atomic E-state index is 0.239. The first-order chi connectivity index (χ1) is 13.0. The van der Waals surface area contributed by atoms with Crippen molar-refractivity contribution in [1.82, 2.24) is 4.98 Å². The molecule has 138 valence electrons. The van der Waals surface area contributed by atoms with E-state index in [0.29, 0.717) is 28.6 Å². The third kappa shape index (κ3) is 4.99. The predicted molar refractivity (Wildman–Crippen MR) is 109 cm³/mol. The maximum absolute atomic E-state index is 12.5. The molecular weight excluding hydrogens is 362 g/mol. The highest BCUT2D eigenvalue weighted by molar-refractivity contribution is 6.31. The molecule has 3 aromatic rings. The lowest BCUT2D eigenvalue weighted by atomic mass is 10.2. The summed E-state index contributed by atoms with van der Waals surface area (Å²) >= 11 is 6.15. The number of rotatable bonds is 6. The summed E-state index contributed by atoms with van der Waals surface area (Å²) in [6, 6.07) is 14.7. The van der Waals surface area contributed by atoms with E-state index in [4.69, 9.17) is 16.3 Å². The number of benzene rings is 2. The highest BCUT2D eigenvalue weighted by Crippen LogP contribution is 2.23. The lowest BCUT2D eigenvalue weighted by Gasteiger charge is -2.10. The fourth-order valence-corrected chi connectivity index (χ4v) is 2.65. The van der Waals surface area contributed by atoms with Crippen LogP contribution < -0.4 is 15.4 Å². The van der Waals surface area contributed by atoms with E-state index in [1.54, 1.807) is 24.4 Å². The first-order valence-electron chi connectivity index (χ1n) is 8.57. The molecule has 0 saturated heterocycles. The molecule has 0 aliphatic heterocycles. The van der Waals surface area contributed by atoms with Crippen LogP contribution in [0.5, 0.6) is 5.75 Å². The van der Waals surface area contributed by atoms with Crippen LogP contribution in [-0.4, -0.2) is 17.5 Å². The number of nitrogens with one attached hydrogen (secondary N) is 2. The van der Waals surface area contributed by atoms with E-state index in [1.807, 2.05) is 44.2 Å². The van der Waals surface area contributed by atoms with Crippen molar-refractivity contribution in [2.45, 2.75) is 13.8 Å². The Morgan fingerprint density at radius 3 is 2.48 bits per heavy atom. The Bertz CT molecular complexity index is 942. The second kappa shape index (κ2) is 8.56. The molecule has 0 saturated carbocycles. The Kier molecular flexibility index (Phi) is 5.94. The van der Waals surface area contributed by atoms with Gasteiger partial charge in [0.1, 0.15) is 5.75 Å². The molecule has 1 amide bonds. The predicted octanol–water partition coefficient (Wildman–Crippen LogP) is 5.44. The van der Waals surface area contributed by atoms with Gasteiger partial charge in [-0.3, -0.25) is 9.78 Å². The van der Waals surface area contributed by atoms with Crippen LogP contribution in [0, 0.1) is 6.92 Å². The Hall–Kier alpha value is -3.05. The number of carbonyl (C=O) groups excluding carboxylic acids is 1. The zero-order valence-corrected chi connectivity index (χ0v) is 15.9. The minimum Gasteiger partial charge on any atom is -0.494 e. The third-order valence-electron chi connectivity index (χ3n) is 3.88. The van der Waals surface area contributed by atoms with Crippen molar-refractivity contribution in [2.75, 3.05) is 17.2 Å². The molecule has 0 spiro atoms. The molecule has 3 rings (SSSR count). The fourth-order valence-electron chi connectivity index (χ4n) is 2.47. The molecule has 0 bridgehead atoms. The molecule has 1 heterocycles. The molecule has 0 aliphatic carbocycles. The summed E-state index contributed by atoms with van der Waals surface area (Å²) < 4.78 is 5.40. The molecule has 2 aromatic carbocycles. The summed E-state index contributed by atoms with van der Waals surface area (Å²) in [6.07, 6.45) is 3.18. The zero-order valence-electron chi connectivity index (χ0n) is 15.1. The molecule has 0 atom stereocenters. The van der Waals surface area contributed by atoms with Gasteiger partial charge in [-0.05, 0) is 61.9 Å². The van der Waals surface area contributed by atoms with Gasteiger partial charge in [-0.2, -0.15) is 0 Å². The molecule has 27 heavy (non-hydrogen) atoms. The molecule has 0 aliphatic rings. The number of ether oxygens (including phenoxy) is 1. The summed E-state index contributed by atoms with van der Waals surface area (Å²) in [5.74, 6) is 0.525. The largest absolute Gasteiger partial charge is 0.494 e. The van der Waals surface area contributed by atoms with Gasteiger partial charge in [0, 0.05) is 22.6 Å². The van der Waals surface area contributed by atoms with E-state index in [0.717, 1.165) is 17.0 Å². The van der Waals surface area contributed by atoms with Crippen LogP contribution in [0.2, 0.25) is 5.02 Å². The molecule has 5 nitrogen and oxygen atoms in total. The van der Waals surface area contributed by atoms with Crippen LogP contribution in [0.4, 0.5) is 17.1 Å². The minimum atomic E-state index is -0.239. The number of aromatic nitrogens is 1. The van der Waals surface area contributed by atoms with Crippen molar-refractivity contribution in [1.29, 1.82) is 0 Å². The van der Waals surface area contributed by atoms with Gasteiger partial charge in [0.2, 0.25) is 0 Å². The summed E-state index contributed by atoms with van der Waals surface area (Å²) in [4.78, 5) is 16.6. The van der Waals surface area contributed by atoms with Crippen LogP contribution >= 0.6 is 11.6 Å². The number of pyridine rings is 1. The summed E-state index contributed by atoms with van der Waals surface area (Å²) in [7, 11) is 0. The Morgan fingerprint density at radius 2 is 1.78 bits per heavy atom. The standard InChI is InChI=1S/C21H20ClN3O2/c1-3-27-19-8-6-16(7-9-19)25-21(26)15-10-18(13-23-12-15)24-17-5-4-14(2)20(22)11-17/h4-13,24H,3H2,1-2H3,(H,25,26). The first kappa shape index (κ1) is 18.7. The normalized spacial score (nSPS) is 10.3. The number of anilines is 3. The number of hydrogen-bond donors (Lipinski definition) is 2. The van der Waals surface area contributed by atoms with Gasteiger partial charge in [-0.15, -0.1) is 0 Å². The van der Waals surface area contributed by atoms with Gasteiger partial charge in [0.25, 0.3) is 5.91 Å². The first-order valence-corrected chi connectivity index (χ1v) is 8.95. The van der Waals surface area contributed by atoms with Crippen molar-refractivity contribution in [3.8, 4) is 5.75 Å². The molecule has 1 aromatic heterocycles. The highest BCUT2D eigenvalue weighted by atomic mass is 35.5. The summed E-state index contributed by atoms with van der Waals surface area (Å²) in [5.41, 5.74) is 3.67. The Morgan fingerprint density at radius 1 is 1.04 bits per heavy atom. The van der Waals surface area contributed by atoms with Crippen molar-refractivity contribution < 1.29 is 9.53 Å². The van der Waals surface area contributed by atoms with E-state index in [2.05, 4.69) is 15.6 Å². The number of hydrogen-bond acceptors (Lipinski definition) is 4. The monoisotopic (exact) mass is 381 g/mol. The van der Waals surface area contributed by atoms with Crippen molar-refractivity contribution in [3.05, 3.63) is 77.1 Å². The number of nitrogens with zero attached hydrogens (tertiary/aromatic N) is 1. The lowest BCUT2D eigenvalue weighted by molar-refractivity contribution is 0.102. The van der Waals surface area contributed by atoms with Gasteiger partial charge in [0.15, 0.2) is 0 Å². The maximum atomic E-state index is 12.5. The molecule has 0 radical (unpaired) electrons. The average molecular weight is 382 g/mol. The van der Waals surface area contributed by atoms with E-state index in [1.165, 1.54) is 6.20 Å². The average Bonchev–Trinajstić information content (AvgIpc) is 2.67. The van der Waals surface area contributed by atoms with Crippen molar-refractivity contribution in [3.63, 3.8) is 0 Å². The van der Waals surface area contributed by atoms with Crippen LogP contribution in [0.15, 0.2) is 60.9 Å². The van der Waals surface area contributed by atoms with Crippen molar-refractivity contribution >= 4 is 34.6 Å². The zero-order chi connectivity index (χ0) is 19.2. The van der Waals surface area contributed by atoms with Crippen LogP contribution in [0.1, 0.15) is 22.8 Å². The number of amides is 1. The second-order valence-corrected chi connectivity index (χ2v) is 6.37. The van der Waals surface area contributed by atoms with Crippen LogP contribution in [0.25, 0.3) is 0 Å². The Labute approximate surface area is 163 Å². The molecular formula is C21H20ClN3O2. The fraction of sp³-hybridized carbons (Fsp3) is 0.143. The number of carbonyl (C=O) groups is 1. The van der Waals surface area contributed by atoms with E-state index in [9.17, 15) is 4.79 Å². The van der Waals surface area contributed by atoms with Crippen LogP contribution in [-0.2, 0) is 0 Å². The molecule has 0 unspecified atom stereocenters. The van der Waals surface area contributed by atoms with E-state index in [-0.39, 0.29) is 5.91 Å². The van der Waals surface area contributed by atoms with Crippen LogP contribution in [0.3, 0.4) is 0 Å². The number of halogens is 1. The second-order valence-electron chi connectivity index (χ2n) is 5.96.